The van der Waals surface area contributed by atoms with E-state index >= 15 is 0 Å². The van der Waals surface area contributed by atoms with Crippen molar-refractivity contribution in [3.05, 3.63) is 81.6 Å². The van der Waals surface area contributed by atoms with Gasteiger partial charge >= 0.3 is 0 Å². The van der Waals surface area contributed by atoms with Gasteiger partial charge in [0.2, 0.25) is 0 Å². The van der Waals surface area contributed by atoms with E-state index in [4.69, 9.17) is 0 Å². The van der Waals surface area contributed by atoms with Crippen LogP contribution in [0.2, 0.25) is 0 Å². The van der Waals surface area contributed by atoms with Gasteiger partial charge in [0.25, 0.3) is 0 Å². The maximum atomic E-state index is 2.41. The highest BCUT2D eigenvalue weighted by molar-refractivity contribution is 8.84. The molecule has 4 rings (SSSR count). The second-order valence-corrected chi connectivity index (χ2v) is 14.3. The Bertz CT molecular complexity index is 832. The summed E-state index contributed by atoms with van der Waals surface area (Å²) in [7, 11) is 8.18. The van der Waals surface area contributed by atoms with Crippen LogP contribution in [-0.2, 0) is 4.75 Å². The SMILES string of the molecule is CC(C)(C)C1(C(C)(C)C)SSC2=C1SSC2(c1ccccc1)c1ccccc1. The van der Waals surface area contributed by atoms with Crippen molar-refractivity contribution in [3.63, 3.8) is 0 Å². The quantitative estimate of drug-likeness (QED) is 0.424. The molecule has 2 heterocycles. The van der Waals surface area contributed by atoms with Crippen LogP contribution in [0, 0.1) is 10.8 Å². The summed E-state index contributed by atoms with van der Waals surface area (Å²) in [6, 6.07) is 22.2. The molecule has 0 fully saturated rings. The van der Waals surface area contributed by atoms with Crippen molar-refractivity contribution < 1.29 is 0 Å². The molecule has 2 aliphatic rings. The maximum absolute atomic E-state index is 2.41. The highest BCUT2D eigenvalue weighted by Gasteiger charge is 2.63. The average Bonchev–Trinajstić information content (AvgIpc) is 3.21. The number of benzene rings is 2. The van der Waals surface area contributed by atoms with Crippen LogP contribution in [0.1, 0.15) is 52.7 Å². The van der Waals surface area contributed by atoms with Crippen LogP contribution in [0.15, 0.2) is 70.5 Å². The summed E-state index contributed by atoms with van der Waals surface area (Å²) in [6.07, 6.45) is 0. The van der Waals surface area contributed by atoms with E-state index < -0.39 is 0 Å². The molecule has 0 saturated carbocycles. The molecule has 0 N–H and O–H groups in total. The van der Waals surface area contributed by atoms with Crippen LogP contribution < -0.4 is 0 Å². The lowest BCUT2D eigenvalue weighted by molar-refractivity contribution is 0.183. The van der Waals surface area contributed by atoms with Crippen molar-refractivity contribution in [2.24, 2.45) is 10.8 Å². The van der Waals surface area contributed by atoms with Gasteiger partial charge in [-0.3, -0.25) is 0 Å². The average molecular weight is 445 g/mol. The first-order valence-electron chi connectivity index (χ1n) is 9.72. The third-order valence-corrected chi connectivity index (χ3v) is 13.3. The third-order valence-electron chi connectivity index (χ3n) is 5.82. The van der Waals surface area contributed by atoms with Gasteiger partial charge in [0, 0.05) is 9.81 Å². The zero-order valence-corrected chi connectivity index (χ0v) is 20.7. The lowest BCUT2D eigenvalue weighted by Gasteiger charge is -2.51. The first kappa shape index (κ1) is 20.8. The smallest absolute Gasteiger partial charge is 0.0757 e. The van der Waals surface area contributed by atoms with Crippen LogP contribution in [0.4, 0.5) is 0 Å². The third kappa shape index (κ3) is 2.85. The maximum Gasteiger partial charge on any atom is 0.109 e. The minimum absolute atomic E-state index is 0.0863. The molecule has 0 aliphatic carbocycles. The van der Waals surface area contributed by atoms with Crippen molar-refractivity contribution in [1.29, 1.82) is 0 Å². The molecule has 0 aromatic heterocycles. The zero-order valence-electron chi connectivity index (χ0n) is 17.4. The van der Waals surface area contributed by atoms with Crippen molar-refractivity contribution in [2.75, 3.05) is 0 Å². The predicted octanol–water partition coefficient (Wildman–Crippen LogP) is 8.76. The standard InChI is InChI=1S/C24H28S4/c1-21(2,3)24(22(4,5)6)20-19(25-28-24)23(27-26-20,17-13-9-7-10-14-17)18-15-11-8-12-16-18/h7-16H,1-6H3. The Balaban J connectivity index is 2.00. The Morgan fingerprint density at radius 2 is 1.00 bits per heavy atom. The molecule has 148 valence electrons. The molecule has 0 amide bonds. The Kier molecular flexibility index (Phi) is 5.27. The molecule has 2 aromatic rings. The minimum atomic E-state index is -0.127. The van der Waals surface area contributed by atoms with Crippen LogP contribution in [-0.4, -0.2) is 4.75 Å². The molecule has 0 radical (unpaired) electrons. The fourth-order valence-corrected chi connectivity index (χ4v) is 14.9. The lowest BCUT2D eigenvalue weighted by Crippen LogP contribution is -2.49. The van der Waals surface area contributed by atoms with Crippen molar-refractivity contribution >= 4 is 43.2 Å². The Labute approximate surface area is 185 Å². The molecule has 0 bridgehead atoms. The molecular weight excluding hydrogens is 417 g/mol. The minimum Gasteiger partial charge on any atom is -0.0757 e. The first-order chi connectivity index (χ1) is 13.1. The Morgan fingerprint density at radius 3 is 1.43 bits per heavy atom. The molecule has 0 spiro atoms. The second-order valence-electron chi connectivity index (χ2n) is 9.59. The summed E-state index contributed by atoms with van der Waals surface area (Å²) in [5.41, 5.74) is 3.10. The van der Waals surface area contributed by atoms with E-state index in [1.807, 2.05) is 32.4 Å². The molecule has 28 heavy (non-hydrogen) atoms. The fraction of sp³-hybridized carbons (Fsp3) is 0.417. The Morgan fingerprint density at radius 1 is 0.571 bits per heavy atom. The van der Waals surface area contributed by atoms with Gasteiger partial charge in [0.05, 0.1) is 4.75 Å². The molecule has 0 unspecified atom stereocenters. The monoisotopic (exact) mass is 444 g/mol. The topological polar surface area (TPSA) is 0 Å². The number of hydrogen-bond acceptors (Lipinski definition) is 4. The summed E-state index contributed by atoms with van der Waals surface area (Å²) in [5, 5.41) is 0. The molecule has 0 atom stereocenters. The molecule has 0 saturated heterocycles. The second kappa shape index (κ2) is 7.08. The summed E-state index contributed by atoms with van der Waals surface area (Å²) < 4.78 is -0.0403. The fourth-order valence-electron chi connectivity index (χ4n) is 4.72. The first-order valence-corrected chi connectivity index (χ1v) is 14.0. The highest BCUT2D eigenvalue weighted by Crippen LogP contribution is 2.80. The summed E-state index contributed by atoms with van der Waals surface area (Å²) in [5.74, 6) is 0. The van der Waals surface area contributed by atoms with Gasteiger partial charge in [0.15, 0.2) is 0 Å². The van der Waals surface area contributed by atoms with E-state index in [0.29, 0.717) is 0 Å². The van der Waals surface area contributed by atoms with E-state index in [1.54, 1.807) is 4.91 Å². The normalized spacial score (nSPS) is 21.1. The van der Waals surface area contributed by atoms with Gasteiger partial charge < -0.3 is 0 Å². The number of rotatable bonds is 2. The van der Waals surface area contributed by atoms with Crippen LogP contribution >= 0.6 is 43.2 Å². The zero-order chi connectivity index (χ0) is 20.2. The van der Waals surface area contributed by atoms with Crippen LogP contribution in [0.25, 0.3) is 0 Å². The molecule has 4 heteroatoms. The van der Waals surface area contributed by atoms with Crippen molar-refractivity contribution in [2.45, 2.75) is 51.0 Å². The van der Waals surface area contributed by atoms with E-state index in [9.17, 15) is 0 Å². The van der Waals surface area contributed by atoms with Gasteiger partial charge in [0.1, 0.15) is 4.75 Å². The van der Waals surface area contributed by atoms with Crippen LogP contribution in [0.3, 0.4) is 0 Å². The molecule has 0 nitrogen and oxygen atoms in total. The van der Waals surface area contributed by atoms with E-state index in [-0.39, 0.29) is 20.3 Å². The van der Waals surface area contributed by atoms with Crippen molar-refractivity contribution in [3.8, 4) is 0 Å². The van der Waals surface area contributed by atoms with E-state index in [1.165, 1.54) is 16.0 Å². The van der Waals surface area contributed by atoms with E-state index in [0.717, 1.165) is 0 Å². The van der Waals surface area contributed by atoms with Gasteiger partial charge in [-0.05, 0) is 22.0 Å². The van der Waals surface area contributed by atoms with Gasteiger partial charge in [-0.1, -0.05) is 145 Å². The van der Waals surface area contributed by atoms with Crippen molar-refractivity contribution in [1.82, 2.24) is 0 Å². The summed E-state index contributed by atoms with van der Waals surface area (Å²) in [4.78, 5) is 3.12. The summed E-state index contributed by atoms with van der Waals surface area (Å²) >= 11 is 0. The van der Waals surface area contributed by atoms with E-state index in [2.05, 4.69) is 113 Å². The van der Waals surface area contributed by atoms with Crippen LogP contribution in [0.5, 0.6) is 0 Å². The molecule has 2 aliphatic heterocycles. The Hall–Kier alpha value is -0.420. The lowest BCUT2D eigenvalue weighted by atomic mass is 9.65. The van der Waals surface area contributed by atoms with Gasteiger partial charge in [-0.2, -0.15) is 0 Å². The molecule has 2 aromatic carbocycles. The predicted molar refractivity (Wildman–Crippen MR) is 133 cm³/mol. The number of hydrogen-bond donors (Lipinski definition) is 0. The van der Waals surface area contributed by atoms with Gasteiger partial charge in [-0.25, -0.2) is 0 Å². The highest BCUT2D eigenvalue weighted by atomic mass is 33.1. The largest absolute Gasteiger partial charge is 0.109 e. The summed E-state index contributed by atoms with van der Waals surface area (Å²) in [6.45, 7) is 14.5. The van der Waals surface area contributed by atoms with Gasteiger partial charge in [-0.15, -0.1) is 0 Å². The molecular formula is C24H28S4.